The zero-order valence-electron chi connectivity index (χ0n) is 9.07. The molecule has 1 N–H and O–H groups in total. The molecule has 0 heterocycles. The third kappa shape index (κ3) is 1.95. The first-order chi connectivity index (χ1) is 6.61. The van der Waals surface area contributed by atoms with E-state index in [0.717, 1.165) is 34.1 Å². The average Bonchev–Trinajstić information content (AvgIpc) is 2.19. The van der Waals surface area contributed by atoms with Crippen molar-refractivity contribution in [3.05, 3.63) is 22.2 Å². The van der Waals surface area contributed by atoms with Crippen molar-refractivity contribution in [2.75, 3.05) is 19.0 Å². The van der Waals surface area contributed by atoms with Crippen molar-refractivity contribution < 1.29 is 4.74 Å². The Bertz CT molecular complexity index is 337. The molecule has 2 nitrogen and oxygen atoms in total. The molecular weight excluding hydrogens is 198 g/mol. The molecule has 0 aromatic heterocycles. The van der Waals surface area contributed by atoms with E-state index in [1.165, 1.54) is 0 Å². The first-order valence-corrected chi connectivity index (χ1v) is 5.07. The van der Waals surface area contributed by atoms with Crippen LogP contribution in [0.4, 0.5) is 5.69 Å². The van der Waals surface area contributed by atoms with Crippen LogP contribution < -0.4 is 10.1 Å². The largest absolute Gasteiger partial charge is 0.495 e. The molecule has 0 saturated heterocycles. The maximum atomic E-state index is 6.15. The fourth-order valence-electron chi connectivity index (χ4n) is 1.48. The molecule has 1 aromatic rings. The Morgan fingerprint density at radius 1 is 1.43 bits per heavy atom. The van der Waals surface area contributed by atoms with E-state index >= 15 is 0 Å². The quantitative estimate of drug-likeness (QED) is 0.831. The van der Waals surface area contributed by atoms with Crippen LogP contribution in [0, 0.1) is 13.8 Å². The number of hydrogen-bond acceptors (Lipinski definition) is 2. The summed E-state index contributed by atoms with van der Waals surface area (Å²) in [4.78, 5) is 0. The molecule has 0 unspecified atom stereocenters. The number of halogens is 1. The van der Waals surface area contributed by atoms with E-state index in [0.29, 0.717) is 0 Å². The van der Waals surface area contributed by atoms with Crippen LogP contribution in [-0.2, 0) is 0 Å². The normalized spacial score (nSPS) is 10.1. The summed E-state index contributed by atoms with van der Waals surface area (Å²) in [7, 11) is 1.67. The summed E-state index contributed by atoms with van der Waals surface area (Å²) in [5.74, 6) is 0.853. The van der Waals surface area contributed by atoms with Crippen LogP contribution in [-0.4, -0.2) is 13.7 Å². The lowest BCUT2D eigenvalue weighted by molar-refractivity contribution is 0.416. The van der Waals surface area contributed by atoms with E-state index in [9.17, 15) is 0 Å². The highest BCUT2D eigenvalue weighted by Gasteiger charge is 2.11. The van der Waals surface area contributed by atoms with Gasteiger partial charge < -0.3 is 10.1 Å². The second-order valence-corrected chi connectivity index (χ2v) is 3.62. The van der Waals surface area contributed by atoms with Gasteiger partial charge in [0.25, 0.3) is 0 Å². The van der Waals surface area contributed by atoms with E-state index in [4.69, 9.17) is 16.3 Å². The van der Waals surface area contributed by atoms with Gasteiger partial charge in [0, 0.05) is 11.6 Å². The summed E-state index contributed by atoms with van der Waals surface area (Å²) in [5, 5.41) is 4.06. The molecule has 14 heavy (non-hydrogen) atoms. The van der Waals surface area contributed by atoms with Gasteiger partial charge in [-0.2, -0.15) is 0 Å². The highest BCUT2D eigenvalue weighted by Crippen LogP contribution is 2.35. The smallest absolute Gasteiger partial charge is 0.142 e. The summed E-state index contributed by atoms with van der Waals surface area (Å²) in [6, 6.07) is 1.95. The number of anilines is 1. The Balaban J connectivity index is 3.29. The van der Waals surface area contributed by atoms with Crippen LogP contribution in [0.2, 0.25) is 5.02 Å². The van der Waals surface area contributed by atoms with Crippen LogP contribution in [0.25, 0.3) is 0 Å². The van der Waals surface area contributed by atoms with Crippen molar-refractivity contribution in [1.82, 2.24) is 0 Å². The van der Waals surface area contributed by atoms with Crippen molar-refractivity contribution in [3.8, 4) is 5.75 Å². The summed E-state index contributed by atoms with van der Waals surface area (Å²) < 4.78 is 5.29. The van der Waals surface area contributed by atoms with Gasteiger partial charge in [-0.05, 0) is 38.0 Å². The minimum atomic E-state index is 0.807. The second-order valence-electron chi connectivity index (χ2n) is 3.24. The molecule has 0 spiro atoms. The molecule has 78 valence electrons. The zero-order valence-corrected chi connectivity index (χ0v) is 9.83. The Labute approximate surface area is 90.2 Å². The van der Waals surface area contributed by atoms with Gasteiger partial charge in [-0.1, -0.05) is 11.6 Å². The highest BCUT2D eigenvalue weighted by molar-refractivity contribution is 6.32. The second kappa shape index (κ2) is 4.56. The molecule has 3 heteroatoms. The average molecular weight is 214 g/mol. The lowest BCUT2D eigenvalue weighted by Crippen LogP contribution is -2.02. The first-order valence-electron chi connectivity index (χ1n) is 4.69. The molecule has 0 radical (unpaired) electrons. The minimum Gasteiger partial charge on any atom is -0.495 e. The molecule has 0 aliphatic carbocycles. The maximum absolute atomic E-state index is 6.15. The molecular formula is C11H16ClNO. The first kappa shape index (κ1) is 11.2. The topological polar surface area (TPSA) is 21.3 Å². The predicted molar refractivity (Wildman–Crippen MR) is 61.6 cm³/mol. The van der Waals surface area contributed by atoms with Crippen molar-refractivity contribution in [3.63, 3.8) is 0 Å². The summed E-state index contributed by atoms with van der Waals surface area (Å²) in [5.41, 5.74) is 3.08. The zero-order chi connectivity index (χ0) is 10.7. The van der Waals surface area contributed by atoms with Crippen LogP contribution in [0.1, 0.15) is 18.1 Å². The Kier molecular flexibility index (Phi) is 3.64. The number of benzene rings is 1. The van der Waals surface area contributed by atoms with E-state index in [1.807, 2.05) is 26.8 Å². The number of nitrogens with one attached hydrogen (secondary N) is 1. The van der Waals surface area contributed by atoms with Gasteiger partial charge in [-0.3, -0.25) is 0 Å². The molecule has 0 aliphatic rings. The van der Waals surface area contributed by atoms with Crippen molar-refractivity contribution in [1.29, 1.82) is 0 Å². The number of rotatable bonds is 3. The van der Waals surface area contributed by atoms with Crippen molar-refractivity contribution >= 4 is 17.3 Å². The maximum Gasteiger partial charge on any atom is 0.142 e. The molecule has 0 bridgehead atoms. The van der Waals surface area contributed by atoms with Crippen LogP contribution in [0.15, 0.2) is 6.07 Å². The molecule has 0 fully saturated rings. The molecule has 1 aromatic carbocycles. The minimum absolute atomic E-state index is 0.807. The van der Waals surface area contributed by atoms with Crippen LogP contribution >= 0.6 is 11.6 Å². The van der Waals surface area contributed by atoms with Gasteiger partial charge in [0.15, 0.2) is 0 Å². The van der Waals surface area contributed by atoms with E-state index in [-0.39, 0.29) is 0 Å². The van der Waals surface area contributed by atoms with Gasteiger partial charge in [0.2, 0.25) is 0 Å². The van der Waals surface area contributed by atoms with Crippen LogP contribution in [0.5, 0.6) is 5.75 Å². The summed E-state index contributed by atoms with van der Waals surface area (Å²) in [6.45, 7) is 6.88. The summed E-state index contributed by atoms with van der Waals surface area (Å²) in [6.07, 6.45) is 0. The number of methoxy groups -OCH3 is 1. The molecule has 0 atom stereocenters. The van der Waals surface area contributed by atoms with Gasteiger partial charge in [0.05, 0.1) is 12.8 Å². The summed E-state index contributed by atoms with van der Waals surface area (Å²) >= 11 is 6.15. The molecule has 0 aliphatic heterocycles. The monoisotopic (exact) mass is 213 g/mol. The number of ether oxygens (including phenoxy) is 1. The molecule has 1 rings (SSSR count). The predicted octanol–water partition coefficient (Wildman–Crippen LogP) is 3.40. The number of aryl methyl sites for hydroxylation is 1. The van der Waals surface area contributed by atoms with Gasteiger partial charge >= 0.3 is 0 Å². The third-order valence-electron chi connectivity index (χ3n) is 2.22. The third-order valence-corrected chi connectivity index (χ3v) is 2.80. The van der Waals surface area contributed by atoms with Crippen molar-refractivity contribution in [2.24, 2.45) is 0 Å². The lowest BCUT2D eigenvalue weighted by Gasteiger charge is -2.15. The van der Waals surface area contributed by atoms with Gasteiger partial charge in [-0.15, -0.1) is 0 Å². The van der Waals surface area contributed by atoms with E-state index < -0.39 is 0 Å². The Morgan fingerprint density at radius 2 is 2.07 bits per heavy atom. The molecule has 0 amide bonds. The van der Waals surface area contributed by atoms with Gasteiger partial charge in [0.1, 0.15) is 5.75 Å². The fourth-order valence-corrected chi connectivity index (χ4v) is 1.63. The SMILES string of the molecule is CCNc1c(OC)cc(C)c(Cl)c1C. The van der Waals surface area contributed by atoms with E-state index in [1.54, 1.807) is 7.11 Å². The van der Waals surface area contributed by atoms with Crippen molar-refractivity contribution in [2.45, 2.75) is 20.8 Å². The fraction of sp³-hybridized carbons (Fsp3) is 0.455. The van der Waals surface area contributed by atoms with Crippen LogP contribution in [0.3, 0.4) is 0 Å². The standard InChI is InChI=1S/C11H16ClNO/c1-5-13-11-8(3)10(12)7(2)6-9(11)14-4/h6,13H,5H2,1-4H3. The highest BCUT2D eigenvalue weighted by atomic mass is 35.5. The Morgan fingerprint density at radius 3 is 2.57 bits per heavy atom. The van der Waals surface area contributed by atoms with Gasteiger partial charge in [-0.25, -0.2) is 0 Å². The lowest BCUT2D eigenvalue weighted by atomic mass is 10.1. The Hall–Kier alpha value is -0.890. The number of hydrogen-bond donors (Lipinski definition) is 1. The molecule has 0 saturated carbocycles. The van der Waals surface area contributed by atoms with E-state index in [2.05, 4.69) is 5.32 Å².